The van der Waals surface area contributed by atoms with Crippen molar-refractivity contribution in [3.8, 4) is 5.69 Å². The van der Waals surface area contributed by atoms with Crippen LogP contribution in [0.5, 0.6) is 0 Å². The Morgan fingerprint density at radius 1 is 1.07 bits per heavy atom. The number of hydrogen-bond donors (Lipinski definition) is 1. The first kappa shape index (κ1) is 18.8. The second-order valence-electron chi connectivity index (χ2n) is 6.63. The van der Waals surface area contributed by atoms with Crippen molar-refractivity contribution in [3.63, 3.8) is 0 Å². The lowest BCUT2D eigenvalue weighted by atomic mass is 10.1. The molecule has 0 saturated carbocycles. The molecule has 27 heavy (non-hydrogen) atoms. The van der Waals surface area contributed by atoms with Crippen molar-refractivity contribution < 1.29 is 14.4 Å². The summed E-state index contributed by atoms with van der Waals surface area (Å²) in [5.41, 5.74) is 2.55. The number of rotatable bonds is 8. The van der Waals surface area contributed by atoms with Gasteiger partial charge in [-0.1, -0.05) is 11.6 Å². The van der Waals surface area contributed by atoms with E-state index in [9.17, 15) is 14.4 Å². The summed E-state index contributed by atoms with van der Waals surface area (Å²) in [4.78, 5) is 36.4. The molecule has 1 aromatic carbocycles. The van der Waals surface area contributed by atoms with E-state index in [1.165, 1.54) is 4.90 Å². The molecule has 1 aromatic heterocycles. The standard InChI is InChI=1S/C19H23N5O3/c1-14-13-20-22-24(14)16-8-6-15(7-9-16)21-17(25)5-3-2-4-12-23-18(26)10-11-19(23)27/h6-9,13H,2-5,10-12H2,1H3,(H,21,25). The van der Waals surface area contributed by atoms with Gasteiger partial charge in [0.15, 0.2) is 0 Å². The van der Waals surface area contributed by atoms with Crippen LogP contribution in [0.25, 0.3) is 5.69 Å². The summed E-state index contributed by atoms with van der Waals surface area (Å²) < 4.78 is 1.72. The first-order valence-corrected chi connectivity index (χ1v) is 9.15. The molecule has 0 atom stereocenters. The van der Waals surface area contributed by atoms with E-state index < -0.39 is 0 Å². The molecule has 0 spiro atoms. The molecule has 8 heteroatoms. The number of imide groups is 1. The van der Waals surface area contributed by atoms with Crippen molar-refractivity contribution in [1.29, 1.82) is 0 Å². The monoisotopic (exact) mass is 369 g/mol. The first-order chi connectivity index (χ1) is 13.0. The lowest BCUT2D eigenvalue weighted by molar-refractivity contribution is -0.138. The van der Waals surface area contributed by atoms with Crippen LogP contribution in [-0.2, 0) is 14.4 Å². The SMILES string of the molecule is Cc1cnnn1-c1ccc(NC(=O)CCCCCN2C(=O)CCC2=O)cc1. The maximum absolute atomic E-state index is 12.0. The van der Waals surface area contributed by atoms with E-state index in [4.69, 9.17) is 0 Å². The number of carbonyl (C=O) groups excluding carboxylic acids is 3. The quantitative estimate of drug-likeness (QED) is 0.568. The number of aromatic nitrogens is 3. The van der Waals surface area contributed by atoms with Crippen molar-refractivity contribution >= 4 is 23.4 Å². The number of hydrogen-bond acceptors (Lipinski definition) is 5. The summed E-state index contributed by atoms with van der Waals surface area (Å²) in [5, 5.41) is 10.7. The second-order valence-corrected chi connectivity index (χ2v) is 6.63. The summed E-state index contributed by atoms with van der Waals surface area (Å²) in [6.45, 7) is 2.38. The van der Waals surface area contributed by atoms with Crippen LogP contribution in [0.2, 0.25) is 0 Å². The van der Waals surface area contributed by atoms with Gasteiger partial charge < -0.3 is 5.32 Å². The number of unbranched alkanes of at least 4 members (excludes halogenated alkanes) is 2. The van der Waals surface area contributed by atoms with E-state index in [-0.39, 0.29) is 17.7 Å². The van der Waals surface area contributed by atoms with E-state index in [0.717, 1.165) is 36.3 Å². The number of nitrogens with one attached hydrogen (secondary N) is 1. The zero-order valence-corrected chi connectivity index (χ0v) is 15.4. The van der Waals surface area contributed by atoms with E-state index in [0.29, 0.717) is 25.8 Å². The number of aryl methyl sites for hydroxylation is 1. The maximum Gasteiger partial charge on any atom is 0.229 e. The highest BCUT2D eigenvalue weighted by Gasteiger charge is 2.27. The van der Waals surface area contributed by atoms with Gasteiger partial charge in [-0.3, -0.25) is 19.3 Å². The summed E-state index contributed by atoms with van der Waals surface area (Å²) in [6.07, 6.45) is 5.01. The highest BCUT2D eigenvalue weighted by atomic mass is 16.2. The van der Waals surface area contributed by atoms with Crippen LogP contribution in [-0.4, -0.2) is 44.2 Å². The van der Waals surface area contributed by atoms with E-state index >= 15 is 0 Å². The Labute approximate surface area is 157 Å². The fourth-order valence-corrected chi connectivity index (χ4v) is 3.06. The minimum Gasteiger partial charge on any atom is -0.326 e. The van der Waals surface area contributed by atoms with Gasteiger partial charge in [0.05, 0.1) is 17.6 Å². The zero-order chi connectivity index (χ0) is 19.2. The van der Waals surface area contributed by atoms with Gasteiger partial charge in [0.1, 0.15) is 0 Å². The molecule has 0 radical (unpaired) electrons. The second kappa shape index (κ2) is 8.57. The van der Waals surface area contributed by atoms with E-state index in [1.54, 1.807) is 10.9 Å². The van der Waals surface area contributed by atoms with Crippen molar-refractivity contribution in [1.82, 2.24) is 19.9 Å². The molecule has 1 saturated heterocycles. The lowest BCUT2D eigenvalue weighted by Gasteiger charge is -2.13. The van der Waals surface area contributed by atoms with Crippen LogP contribution >= 0.6 is 0 Å². The number of benzene rings is 1. The topological polar surface area (TPSA) is 97.2 Å². The largest absolute Gasteiger partial charge is 0.326 e. The number of amides is 3. The molecular formula is C19H23N5O3. The predicted molar refractivity (Wildman–Crippen MR) is 99.1 cm³/mol. The molecule has 1 fully saturated rings. The average Bonchev–Trinajstić information content (AvgIpc) is 3.22. The molecule has 1 N–H and O–H groups in total. The van der Waals surface area contributed by atoms with Crippen LogP contribution in [0.3, 0.4) is 0 Å². The van der Waals surface area contributed by atoms with Crippen molar-refractivity contribution in [2.45, 2.75) is 45.4 Å². The summed E-state index contributed by atoms with van der Waals surface area (Å²) in [7, 11) is 0. The Balaban J connectivity index is 1.37. The van der Waals surface area contributed by atoms with E-state index in [1.807, 2.05) is 31.2 Å². The molecule has 8 nitrogen and oxygen atoms in total. The minimum atomic E-state index is -0.0812. The van der Waals surface area contributed by atoms with Gasteiger partial charge in [-0.25, -0.2) is 4.68 Å². The fourth-order valence-electron chi connectivity index (χ4n) is 3.06. The Bertz CT molecular complexity index is 812. The van der Waals surface area contributed by atoms with Crippen molar-refractivity contribution in [3.05, 3.63) is 36.2 Å². The minimum absolute atomic E-state index is 0.0481. The smallest absolute Gasteiger partial charge is 0.229 e. The Morgan fingerprint density at radius 2 is 1.78 bits per heavy atom. The number of anilines is 1. The van der Waals surface area contributed by atoms with Gasteiger partial charge in [0, 0.05) is 31.5 Å². The molecule has 3 amide bonds. The molecule has 2 aromatic rings. The molecule has 1 aliphatic heterocycles. The summed E-state index contributed by atoms with van der Waals surface area (Å²) >= 11 is 0. The van der Waals surface area contributed by atoms with Gasteiger partial charge in [-0.05, 0) is 44.0 Å². The van der Waals surface area contributed by atoms with Crippen LogP contribution < -0.4 is 5.32 Å². The van der Waals surface area contributed by atoms with Crippen LogP contribution in [0.4, 0.5) is 5.69 Å². The van der Waals surface area contributed by atoms with Gasteiger partial charge in [-0.15, -0.1) is 5.10 Å². The lowest BCUT2D eigenvalue weighted by Crippen LogP contribution is -2.29. The van der Waals surface area contributed by atoms with Crippen molar-refractivity contribution in [2.75, 3.05) is 11.9 Å². The van der Waals surface area contributed by atoms with Gasteiger partial charge in [0.2, 0.25) is 17.7 Å². The summed E-state index contributed by atoms with van der Waals surface area (Å²) in [5.74, 6) is -0.211. The highest BCUT2D eigenvalue weighted by molar-refractivity contribution is 6.01. The summed E-state index contributed by atoms with van der Waals surface area (Å²) in [6, 6.07) is 7.42. The highest BCUT2D eigenvalue weighted by Crippen LogP contribution is 2.15. The molecule has 1 aliphatic rings. The maximum atomic E-state index is 12.0. The third kappa shape index (κ3) is 4.78. The Kier molecular flexibility index (Phi) is 5.95. The van der Waals surface area contributed by atoms with Crippen LogP contribution in [0.15, 0.2) is 30.5 Å². The Morgan fingerprint density at radius 3 is 2.41 bits per heavy atom. The first-order valence-electron chi connectivity index (χ1n) is 9.15. The van der Waals surface area contributed by atoms with Gasteiger partial charge in [0.25, 0.3) is 0 Å². The molecule has 2 heterocycles. The number of nitrogens with zero attached hydrogens (tertiary/aromatic N) is 4. The third-order valence-electron chi connectivity index (χ3n) is 4.56. The van der Waals surface area contributed by atoms with Gasteiger partial charge >= 0.3 is 0 Å². The van der Waals surface area contributed by atoms with Crippen LogP contribution in [0, 0.1) is 6.92 Å². The van der Waals surface area contributed by atoms with Gasteiger partial charge in [-0.2, -0.15) is 0 Å². The molecule has 0 bridgehead atoms. The molecule has 0 aliphatic carbocycles. The Hall–Kier alpha value is -3.03. The molecule has 3 rings (SSSR count). The third-order valence-corrected chi connectivity index (χ3v) is 4.56. The number of carbonyl (C=O) groups is 3. The molecule has 0 unspecified atom stereocenters. The van der Waals surface area contributed by atoms with Crippen molar-refractivity contribution in [2.24, 2.45) is 0 Å². The number of likely N-dealkylation sites (tertiary alicyclic amines) is 1. The normalized spacial score (nSPS) is 14.0. The van der Waals surface area contributed by atoms with E-state index in [2.05, 4.69) is 15.6 Å². The predicted octanol–water partition coefficient (Wildman–Crippen LogP) is 2.22. The zero-order valence-electron chi connectivity index (χ0n) is 15.4. The van der Waals surface area contributed by atoms with Crippen LogP contribution in [0.1, 0.15) is 44.2 Å². The fraction of sp³-hybridized carbons (Fsp3) is 0.421. The molecule has 142 valence electrons. The molecular weight excluding hydrogens is 346 g/mol. The average molecular weight is 369 g/mol.